The largest absolute Gasteiger partial charge is 0.444 e. The molecule has 0 aliphatic carbocycles. The minimum absolute atomic E-state index is 0.147. The lowest BCUT2D eigenvalue weighted by Gasteiger charge is -2.30. The standard InChI is InChI=1S/C26H28N2O3/c1-3-21-18(2)23(20-14-8-9-15-22(20)27-21)26(30)31-24(19-12-6-4-7-13-19)25(29)28-16-10-5-11-17-28/h4,6-9,12-15,24H,3,5,10-11,16-17H2,1-2H3/t24-/m0/s1. The number of esters is 1. The van der Waals surface area contributed by atoms with E-state index < -0.39 is 12.1 Å². The van der Waals surface area contributed by atoms with E-state index in [4.69, 9.17) is 9.72 Å². The molecular formula is C26H28N2O3. The first-order valence-electron chi connectivity index (χ1n) is 11.0. The summed E-state index contributed by atoms with van der Waals surface area (Å²) in [5, 5.41) is 0.749. The molecule has 0 radical (unpaired) electrons. The van der Waals surface area contributed by atoms with Crippen LogP contribution in [-0.2, 0) is 16.0 Å². The zero-order valence-corrected chi connectivity index (χ0v) is 18.1. The fourth-order valence-corrected chi connectivity index (χ4v) is 4.30. The molecule has 1 saturated heterocycles. The van der Waals surface area contributed by atoms with E-state index in [0.717, 1.165) is 41.4 Å². The van der Waals surface area contributed by atoms with E-state index >= 15 is 0 Å². The Morgan fingerprint density at radius 3 is 2.39 bits per heavy atom. The first-order chi connectivity index (χ1) is 15.1. The van der Waals surface area contributed by atoms with Gasteiger partial charge in [0.1, 0.15) is 0 Å². The van der Waals surface area contributed by atoms with Crippen molar-refractivity contribution in [3.05, 3.63) is 77.0 Å². The number of nitrogens with zero attached hydrogens (tertiary/aromatic N) is 2. The van der Waals surface area contributed by atoms with Crippen LogP contribution in [0.25, 0.3) is 10.9 Å². The van der Waals surface area contributed by atoms with Gasteiger partial charge in [-0.25, -0.2) is 4.79 Å². The van der Waals surface area contributed by atoms with Crippen LogP contribution < -0.4 is 0 Å². The predicted octanol–water partition coefficient (Wildman–Crippen LogP) is 5.02. The molecule has 1 aliphatic heterocycles. The molecule has 0 spiro atoms. The third-order valence-electron chi connectivity index (χ3n) is 5.99. The third kappa shape index (κ3) is 4.31. The maximum absolute atomic E-state index is 13.5. The first kappa shape index (κ1) is 21.0. The highest BCUT2D eigenvalue weighted by Crippen LogP contribution is 2.28. The van der Waals surface area contributed by atoms with Crippen LogP contribution in [0.4, 0.5) is 0 Å². The number of aryl methyl sites for hydroxylation is 1. The van der Waals surface area contributed by atoms with Crippen molar-refractivity contribution in [1.29, 1.82) is 0 Å². The quantitative estimate of drug-likeness (QED) is 0.548. The van der Waals surface area contributed by atoms with Gasteiger partial charge >= 0.3 is 5.97 Å². The lowest BCUT2D eigenvalue weighted by Crippen LogP contribution is -2.40. The lowest BCUT2D eigenvalue weighted by molar-refractivity contribution is -0.142. The maximum Gasteiger partial charge on any atom is 0.340 e. The van der Waals surface area contributed by atoms with Crippen LogP contribution in [0.15, 0.2) is 54.6 Å². The number of likely N-dealkylation sites (tertiary alicyclic amines) is 1. The Hall–Kier alpha value is -3.21. The topological polar surface area (TPSA) is 59.5 Å². The number of aromatic nitrogens is 1. The molecule has 1 atom stereocenters. The van der Waals surface area contributed by atoms with Crippen molar-refractivity contribution in [2.24, 2.45) is 0 Å². The number of fused-ring (bicyclic) bond motifs is 1. The number of pyridine rings is 1. The number of hydrogen-bond donors (Lipinski definition) is 0. The molecule has 2 aromatic carbocycles. The van der Waals surface area contributed by atoms with Crippen molar-refractivity contribution >= 4 is 22.8 Å². The van der Waals surface area contributed by atoms with Gasteiger partial charge in [-0.15, -0.1) is 0 Å². The van der Waals surface area contributed by atoms with Gasteiger partial charge in [0.25, 0.3) is 5.91 Å². The molecular weight excluding hydrogens is 388 g/mol. The molecule has 160 valence electrons. The van der Waals surface area contributed by atoms with Crippen molar-refractivity contribution in [1.82, 2.24) is 9.88 Å². The van der Waals surface area contributed by atoms with Crippen LogP contribution in [0.5, 0.6) is 0 Å². The summed E-state index contributed by atoms with van der Waals surface area (Å²) >= 11 is 0. The van der Waals surface area contributed by atoms with Gasteiger partial charge < -0.3 is 9.64 Å². The fraction of sp³-hybridized carbons (Fsp3) is 0.346. The van der Waals surface area contributed by atoms with Crippen LogP contribution in [-0.4, -0.2) is 34.8 Å². The highest BCUT2D eigenvalue weighted by molar-refractivity contribution is 6.05. The van der Waals surface area contributed by atoms with E-state index in [0.29, 0.717) is 30.6 Å². The van der Waals surface area contributed by atoms with Gasteiger partial charge in [0.2, 0.25) is 6.10 Å². The van der Waals surface area contributed by atoms with E-state index in [-0.39, 0.29) is 5.91 Å². The van der Waals surface area contributed by atoms with Gasteiger partial charge in [0, 0.05) is 29.7 Å². The fourth-order valence-electron chi connectivity index (χ4n) is 4.30. The molecule has 1 amide bonds. The van der Waals surface area contributed by atoms with Crippen LogP contribution in [0.1, 0.15) is 59.5 Å². The number of carbonyl (C=O) groups excluding carboxylic acids is 2. The second kappa shape index (κ2) is 9.29. The first-order valence-corrected chi connectivity index (χ1v) is 11.0. The number of hydrogen-bond acceptors (Lipinski definition) is 4. The molecule has 31 heavy (non-hydrogen) atoms. The predicted molar refractivity (Wildman–Crippen MR) is 121 cm³/mol. The number of piperidine rings is 1. The number of ether oxygens (including phenoxy) is 1. The molecule has 3 aromatic rings. The molecule has 0 unspecified atom stereocenters. The number of amides is 1. The Balaban J connectivity index is 1.73. The van der Waals surface area contributed by atoms with Crippen LogP contribution in [0, 0.1) is 6.92 Å². The third-order valence-corrected chi connectivity index (χ3v) is 5.99. The van der Waals surface area contributed by atoms with Gasteiger partial charge in [-0.2, -0.15) is 0 Å². The average Bonchev–Trinajstić information content (AvgIpc) is 2.82. The zero-order valence-electron chi connectivity index (χ0n) is 18.1. The second-order valence-electron chi connectivity index (χ2n) is 8.01. The summed E-state index contributed by atoms with van der Waals surface area (Å²) in [5.41, 5.74) is 3.62. The maximum atomic E-state index is 13.5. The lowest BCUT2D eigenvalue weighted by atomic mass is 10.00. The summed E-state index contributed by atoms with van der Waals surface area (Å²) < 4.78 is 5.97. The number of benzene rings is 2. The van der Waals surface area contributed by atoms with Crippen molar-refractivity contribution in [2.75, 3.05) is 13.1 Å². The molecule has 5 heteroatoms. The highest BCUT2D eigenvalue weighted by Gasteiger charge is 2.31. The van der Waals surface area contributed by atoms with Crippen LogP contribution in [0.3, 0.4) is 0 Å². The number of carbonyl (C=O) groups is 2. The van der Waals surface area contributed by atoms with Crippen molar-refractivity contribution < 1.29 is 14.3 Å². The molecule has 1 aromatic heterocycles. The summed E-state index contributed by atoms with van der Waals surface area (Å²) in [7, 11) is 0. The van der Waals surface area contributed by atoms with E-state index in [2.05, 4.69) is 0 Å². The smallest absolute Gasteiger partial charge is 0.340 e. The van der Waals surface area contributed by atoms with Gasteiger partial charge in [0.05, 0.1) is 11.1 Å². The van der Waals surface area contributed by atoms with Crippen LogP contribution >= 0.6 is 0 Å². The molecule has 2 heterocycles. The molecule has 1 aliphatic rings. The second-order valence-corrected chi connectivity index (χ2v) is 8.01. The van der Waals surface area contributed by atoms with E-state index in [9.17, 15) is 9.59 Å². The molecule has 1 fully saturated rings. The summed E-state index contributed by atoms with van der Waals surface area (Å²) in [6.07, 6.45) is 2.85. The Bertz CT molecular complexity index is 1090. The van der Waals surface area contributed by atoms with Crippen molar-refractivity contribution in [2.45, 2.75) is 45.6 Å². The van der Waals surface area contributed by atoms with E-state index in [1.807, 2.05) is 73.3 Å². The summed E-state index contributed by atoms with van der Waals surface area (Å²) in [4.78, 5) is 33.4. The Kier molecular flexibility index (Phi) is 6.31. The number of rotatable bonds is 5. The average molecular weight is 417 g/mol. The molecule has 0 N–H and O–H groups in total. The summed E-state index contributed by atoms with van der Waals surface area (Å²) in [5.74, 6) is -0.629. The summed E-state index contributed by atoms with van der Waals surface area (Å²) in [6, 6.07) is 16.9. The van der Waals surface area contributed by atoms with Crippen molar-refractivity contribution in [3.63, 3.8) is 0 Å². The molecule has 4 rings (SSSR count). The molecule has 5 nitrogen and oxygen atoms in total. The zero-order chi connectivity index (χ0) is 21.8. The van der Waals surface area contributed by atoms with E-state index in [1.165, 1.54) is 0 Å². The highest BCUT2D eigenvalue weighted by atomic mass is 16.5. The Morgan fingerprint density at radius 1 is 1.00 bits per heavy atom. The van der Waals surface area contributed by atoms with E-state index in [1.54, 1.807) is 0 Å². The number of para-hydroxylation sites is 1. The van der Waals surface area contributed by atoms with Crippen molar-refractivity contribution in [3.8, 4) is 0 Å². The minimum Gasteiger partial charge on any atom is -0.444 e. The molecule has 0 bridgehead atoms. The Labute approximate surface area is 183 Å². The summed E-state index contributed by atoms with van der Waals surface area (Å²) in [6.45, 7) is 5.33. The monoisotopic (exact) mass is 416 g/mol. The van der Waals surface area contributed by atoms with Gasteiger partial charge in [-0.05, 0) is 44.2 Å². The molecule has 0 saturated carbocycles. The van der Waals surface area contributed by atoms with Crippen LogP contribution in [0.2, 0.25) is 0 Å². The van der Waals surface area contributed by atoms with Gasteiger partial charge in [-0.3, -0.25) is 9.78 Å². The Morgan fingerprint density at radius 2 is 1.68 bits per heavy atom. The minimum atomic E-state index is -0.955. The SMILES string of the molecule is CCc1nc2ccccc2c(C(=O)O[C@H](C(=O)N2CCCCC2)c2ccccc2)c1C. The van der Waals surface area contributed by atoms with Gasteiger partial charge in [-0.1, -0.05) is 55.5 Å². The normalized spacial score (nSPS) is 15.0. The van der Waals surface area contributed by atoms with Gasteiger partial charge in [0.15, 0.2) is 0 Å².